The van der Waals surface area contributed by atoms with Crippen LogP contribution < -0.4 is 15.0 Å². The van der Waals surface area contributed by atoms with E-state index in [4.69, 9.17) is 9.47 Å². The fraction of sp³-hybridized carbons (Fsp3) is 0.286. The Hall–Kier alpha value is -4.09. The van der Waals surface area contributed by atoms with Crippen LogP contribution in [0.5, 0.6) is 11.5 Å². The molecule has 1 atom stereocenters. The van der Waals surface area contributed by atoms with Crippen LogP contribution in [0.2, 0.25) is 0 Å². The van der Waals surface area contributed by atoms with Gasteiger partial charge in [0.1, 0.15) is 19.0 Å². The zero-order valence-electron chi connectivity index (χ0n) is 21.3. The van der Waals surface area contributed by atoms with E-state index in [2.05, 4.69) is 38.4 Å². The van der Waals surface area contributed by atoms with Gasteiger partial charge in [-0.3, -0.25) is 9.69 Å². The first kappa shape index (κ1) is 25.2. The minimum absolute atomic E-state index is 0.156. The largest absolute Gasteiger partial charge is 0.486 e. The smallest absolute Gasteiger partial charge is 0.252 e. The Morgan fingerprint density at radius 1 is 1.10 bits per heavy atom. The number of aromatic amines is 1. The molecule has 1 aliphatic heterocycles. The van der Waals surface area contributed by atoms with Gasteiger partial charge in [0.2, 0.25) is 0 Å². The van der Waals surface area contributed by atoms with Gasteiger partial charge in [0, 0.05) is 35.0 Å². The molecule has 4 heterocycles. The molecule has 1 aliphatic rings. The van der Waals surface area contributed by atoms with E-state index in [9.17, 15) is 9.18 Å². The number of nitrogens with one attached hydrogen (secondary N) is 1. The van der Waals surface area contributed by atoms with Crippen molar-refractivity contribution >= 4 is 22.2 Å². The standard InChI is InChI=1S/C28H27FN6O3S/c1-2-24(27-31-32-33-35(27)15-18-5-7-21(29)8-6-18)34(17-22-4-3-11-39-22)16-20-12-19-13-25-26(38-10-9-37-25)14-23(19)30-28(20)36/h3-8,11-14,24H,2,9-10,15-17H2,1H3,(H,30,36). The maximum Gasteiger partial charge on any atom is 0.252 e. The van der Waals surface area contributed by atoms with Gasteiger partial charge >= 0.3 is 0 Å². The van der Waals surface area contributed by atoms with Crippen molar-refractivity contribution < 1.29 is 13.9 Å². The van der Waals surface area contributed by atoms with Crippen molar-refractivity contribution in [2.75, 3.05) is 13.2 Å². The van der Waals surface area contributed by atoms with Crippen LogP contribution in [0.1, 0.15) is 41.2 Å². The van der Waals surface area contributed by atoms with Gasteiger partial charge in [0.05, 0.1) is 18.1 Å². The number of pyridine rings is 1. The number of fused-ring (bicyclic) bond motifs is 2. The van der Waals surface area contributed by atoms with Crippen LogP contribution in [0, 0.1) is 5.82 Å². The first-order chi connectivity index (χ1) is 19.1. The SMILES string of the molecule is CCC(c1nnnn1Cc1ccc(F)cc1)N(Cc1cccs1)Cc1cc2cc3c(cc2[nH]c1=O)OCCO3. The number of ether oxygens (including phenoxy) is 2. The maximum atomic E-state index is 13.4. The molecule has 1 unspecified atom stereocenters. The first-order valence-corrected chi connectivity index (χ1v) is 13.7. The highest BCUT2D eigenvalue weighted by Crippen LogP contribution is 2.34. The lowest BCUT2D eigenvalue weighted by Gasteiger charge is -2.30. The Morgan fingerprint density at radius 2 is 1.90 bits per heavy atom. The predicted molar refractivity (Wildman–Crippen MR) is 145 cm³/mol. The molecule has 0 amide bonds. The second-order valence-corrected chi connectivity index (χ2v) is 10.5. The average Bonchev–Trinajstić information content (AvgIpc) is 3.62. The summed E-state index contributed by atoms with van der Waals surface area (Å²) in [7, 11) is 0. The molecule has 2 aromatic carbocycles. The van der Waals surface area contributed by atoms with Crippen molar-refractivity contribution in [3.05, 3.63) is 98.0 Å². The van der Waals surface area contributed by atoms with Crippen LogP contribution in [0.15, 0.2) is 64.8 Å². The number of H-pyrrole nitrogens is 1. The van der Waals surface area contributed by atoms with Crippen LogP contribution in [0.25, 0.3) is 10.9 Å². The molecule has 6 rings (SSSR count). The van der Waals surface area contributed by atoms with E-state index in [0.717, 1.165) is 17.4 Å². The molecule has 0 radical (unpaired) electrons. The van der Waals surface area contributed by atoms with E-state index in [1.54, 1.807) is 28.2 Å². The molecule has 200 valence electrons. The van der Waals surface area contributed by atoms with Crippen molar-refractivity contribution in [1.29, 1.82) is 0 Å². The second-order valence-electron chi connectivity index (χ2n) is 9.44. The molecule has 0 fully saturated rings. The Bertz CT molecular complexity index is 1630. The zero-order chi connectivity index (χ0) is 26.8. The van der Waals surface area contributed by atoms with Gasteiger partial charge in [-0.25, -0.2) is 9.07 Å². The normalized spacial score (nSPS) is 13.7. The molecule has 1 N–H and O–H groups in total. The van der Waals surface area contributed by atoms with Crippen LogP contribution in [0.3, 0.4) is 0 Å². The summed E-state index contributed by atoms with van der Waals surface area (Å²) >= 11 is 1.67. The van der Waals surface area contributed by atoms with Crippen molar-refractivity contribution in [3.8, 4) is 11.5 Å². The maximum absolute atomic E-state index is 13.4. The van der Waals surface area contributed by atoms with Crippen molar-refractivity contribution in [3.63, 3.8) is 0 Å². The third-order valence-corrected chi connectivity index (χ3v) is 7.69. The minimum Gasteiger partial charge on any atom is -0.486 e. The molecule has 0 bridgehead atoms. The molecule has 0 saturated carbocycles. The van der Waals surface area contributed by atoms with E-state index in [-0.39, 0.29) is 17.4 Å². The summed E-state index contributed by atoms with van der Waals surface area (Å²) in [4.78, 5) is 19.7. The highest BCUT2D eigenvalue weighted by atomic mass is 32.1. The number of hydrogen-bond acceptors (Lipinski definition) is 8. The summed E-state index contributed by atoms with van der Waals surface area (Å²) in [5, 5.41) is 15.5. The Balaban J connectivity index is 1.34. The highest BCUT2D eigenvalue weighted by Gasteiger charge is 2.26. The van der Waals surface area contributed by atoms with Crippen molar-refractivity contribution in [2.45, 2.75) is 39.0 Å². The number of hydrogen-bond donors (Lipinski definition) is 1. The van der Waals surface area contributed by atoms with Crippen molar-refractivity contribution in [2.24, 2.45) is 0 Å². The number of benzene rings is 2. The first-order valence-electron chi connectivity index (χ1n) is 12.8. The van der Waals surface area contributed by atoms with Crippen LogP contribution in [-0.4, -0.2) is 43.3 Å². The molecule has 39 heavy (non-hydrogen) atoms. The zero-order valence-corrected chi connectivity index (χ0v) is 22.2. The minimum atomic E-state index is -0.288. The molecule has 5 aromatic rings. The highest BCUT2D eigenvalue weighted by molar-refractivity contribution is 7.09. The van der Waals surface area contributed by atoms with Crippen LogP contribution in [-0.2, 0) is 19.6 Å². The van der Waals surface area contributed by atoms with Crippen LogP contribution >= 0.6 is 11.3 Å². The predicted octanol–water partition coefficient (Wildman–Crippen LogP) is 4.69. The number of thiophene rings is 1. The van der Waals surface area contributed by atoms with E-state index < -0.39 is 0 Å². The van der Waals surface area contributed by atoms with Crippen molar-refractivity contribution in [1.82, 2.24) is 30.1 Å². The van der Waals surface area contributed by atoms with E-state index >= 15 is 0 Å². The van der Waals surface area contributed by atoms with E-state index in [0.29, 0.717) is 61.3 Å². The molecule has 0 saturated heterocycles. The molecule has 9 nitrogen and oxygen atoms in total. The van der Waals surface area contributed by atoms with Gasteiger partial charge in [-0.05, 0) is 58.1 Å². The lowest BCUT2D eigenvalue weighted by Crippen LogP contribution is -2.32. The lowest BCUT2D eigenvalue weighted by molar-refractivity contribution is 0.163. The molecular weight excluding hydrogens is 519 g/mol. The summed E-state index contributed by atoms with van der Waals surface area (Å²) < 4.78 is 26.6. The number of rotatable bonds is 9. The van der Waals surface area contributed by atoms with Gasteiger partial charge in [-0.2, -0.15) is 0 Å². The molecular formula is C28H27FN6O3S. The summed E-state index contributed by atoms with van der Waals surface area (Å²) in [5.41, 5.74) is 2.07. The van der Waals surface area contributed by atoms with Gasteiger partial charge < -0.3 is 14.5 Å². The van der Waals surface area contributed by atoms with Crippen LogP contribution in [0.4, 0.5) is 4.39 Å². The van der Waals surface area contributed by atoms with Gasteiger partial charge in [0.25, 0.3) is 5.56 Å². The lowest BCUT2D eigenvalue weighted by atomic mass is 10.1. The summed E-state index contributed by atoms with van der Waals surface area (Å²) in [6.45, 7) is 4.48. The van der Waals surface area contributed by atoms with Gasteiger partial charge in [0.15, 0.2) is 17.3 Å². The fourth-order valence-electron chi connectivity index (χ4n) is 4.93. The van der Waals surface area contributed by atoms with E-state index in [1.165, 1.54) is 17.0 Å². The quantitative estimate of drug-likeness (QED) is 0.286. The summed E-state index contributed by atoms with van der Waals surface area (Å²) in [6, 6.07) is 15.9. The monoisotopic (exact) mass is 546 g/mol. The Labute approximate surface area is 227 Å². The Morgan fingerprint density at radius 3 is 2.64 bits per heavy atom. The Kier molecular flexibility index (Phi) is 7.08. The average molecular weight is 547 g/mol. The molecule has 3 aromatic heterocycles. The summed E-state index contributed by atoms with van der Waals surface area (Å²) in [5.74, 6) is 1.71. The van der Waals surface area contributed by atoms with E-state index in [1.807, 2.05) is 29.6 Å². The number of halogens is 1. The third-order valence-electron chi connectivity index (χ3n) is 6.83. The topological polar surface area (TPSA) is 98.2 Å². The summed E-state index contributed by atoms with van der Waals surface area (Å²) in [6.07, 6.45) is 0.722. The molecule has 11 heteroatoms. The number of aromatic nitrogens is 5. The van der Waals surface area contributed by atoms with Gasteiger partial charge in [-0.15, -0.1) is 16.4 Å². The second kappa shape index (κ2) is 11.0. The van der Waals surface area contributed by atoms with Gasteiger partial charge in [-0.1, -0.05) is 25.1 Å². The number of tetrazole rings is 1. The third kappa shape index (κ3) is 5.41. The molecule has 0 aliphatic carbocycles. The fourth-order valence-corrected chi connectivity index (χ4v) is 5.66. The number of nitrogens with zero attached hydrogens (tertiary/aromatic N) is 5. The molecule has 0 spiro atoms.